The second-order valence-electron chi connectivity index (χ2n) is 3.86. The minimum atomic E-state index is -0.187. The summed E-state index contributed by atoms with van der Waals surface area (Å²) in [5, 5.41) is 3.28. The van der Waals surface area contributed by atoms with Gasteiger partial charge in [-0.25, -0.2) is 4.39 Å². The molecular formula is C14H13BrFN. The molecule has 1 N–H and O–H groups in total. The van der Waals surface area contributed by atoms with E-state index in [1.165, 1.54) is 11.6 Å². The molecule has 0 aliphatic heterocycles. The molecule has 0 amide bonds. The average molecular weight is 294 g/mol. The maximum atomic E-state index is 12.9. The summed E-state index contributed by atoms with van der Waals surface area (Å²) < 4.78 is 14.0. The van der Waals surface area contributed by atoms with Gasteiger partial charge in [-0.3, -0.25) is 0 Å². The molecule has 0 aromatic heterocycles. The summed E-state index contributed by atoms with van der Waals surface area (Å²) in [6.45, 7) is 1.46. The van der Waals surface area contributed by atoms with E-state index in [1.807, 2.05) is 18.2 Å². The summed E-state index contributed by atoms with van der Waals surface area (Å²) in [4.78, 5) is 0. The lowest BCUT2D eigenvalue weighted by Crippen LogP contribution is -2.12. The molecule has 0 radical (unpaired) electrons. The van der Waals surface area contributed by atoms with Crippen LogP contribution in [0.1, 0.15) is 11.1 Å². The Hall–Kier alpha value is -1.19. The lowest BCUT2D eigenvalue weighted by molar-refractivity contribution is 0.620. The molecule has 0 aliphatic rings. The van der Waals surface area contributed by atoms with E-state index in [0.29, 0.717) is 6.54 Å². The fourth-order valence-electron chi connectivity index (χ4n) is 1.60. The lowest BCUT2D eigenvalue weighted by Gasteiger charge is -2.05. The van der Waals surface area contributed by atoms with E-state index in [9.17, 15) is 4.39 Å². The van der Waals surface area contributed by atoms with Crippen LogP contribution in [0, 0.1) is 5.82 Å². The largest absolute Gasteiger partial charge is 0.309 e. The van der Waals surface area contributed by atoms with Crippen molar-refractivity contribution in [2.24, 2.45) is 0 Å². The van der Waals surface area contributed by atoms with Gasteiger partial charge < -0.3 is 5.32 Å². The highest BCUT2D eigenvalue weighted by Crippen LogP contribution is 2.10. The van der Waals surface area contributed by atoms with Crippen LogP contribution < -0.4 is 5.32 Å². The normalized spacial score (nSPS) is 10.5. The van der Waals surface area contributed by atoms with Crippen molar-refractivity contribution in [2.45, 2.75) is 13.1 Å². The number of hydrogen-bond donors (Lipinski definition) is 1. The summed E-state index contributed by atoms with van der Waals surface area (Å²) in [5.74, 6) is -0.187. The number of benzene rings is 2. The van der Waals surface area contributed by atoms with Gasteiger partial charge in [-0.15, -0.1) is 0 Å². The highest BCUT2D eigenvalue weighted by Gasteiger charge is 1.96. The van der Waals surface area contributed by atoms with E-state index < -0.39 is 0 Å². The van der Waals surface area contributed by atoms with E-state index >= 15 is 0 Å². The van der Waals surface area contributed by atoms with Crippen LogP contribution in [0.25, 0.3) is 0 Å². The van der Waals surface area contributed by atoms with Crippen LogP contribution in [0.15, 0.2) is 53.0 Å². The molecule has 0 spiro atoms. The van der Waals surface area contributed by atoms with Crippen molar-refractivity contribution in [1.82, 2.24) is 5.32 Å². The molecule has 2 aromatic carbocycles. The van der Waals surface area contributed by atoms with Gasteiger partial charge in [-0.05, 0) is 35.4 Å². The van der Waals surface area contributed by atoms with E-state index in [0.717, 1.165) is 16.6 Å². The topological polar surface area (TPSA) is 12.0 Å². The number of nitrogens with one attached hydrogen (secondary N) is 1. The second kappa shape index (κ2) is 5.94. The Morgan fingerprint density at radius 1 is 0.941 bits per heavy atom. The van der Waals surface area contributed by atoms with Crippen molar-refractivity contribution >= 4 is 15.9 Å². The van der Waals surface area contributed by atoms with Crippen LogP contribution in [-0.2, 0) is 13.1 Å². The summed E-state index contributed by atoms with van der Waals surface area (Å²) in [5.41, 5.74) is 2.17. The fourth-order valence-corrected chi connectivity index (χ4v) is 1.86. The second-order valence-corrected chi connectivity index (χ2v) is 4.78. The van der Waals surface area contributed by atoms with Gasteiger partial charge in [0.05, 0.1) is 0 Å². The van der Waals surface area contributed by atoms with Crippen LogP contribution in [0.2, 0.25) is 0 Å². The minimum absolute atomic E-state index is 0.187. The Bertz CT molecular complexity index is 482. The van der Waals surface area contributed by atoms with Crippen LogP contribution in [0.4, 0.5) is 4.39 Å². The third-order valence-corrected chi connectivity index (χ3v) is 2.99. The van der Waals surface area contributed by atoms with Crippen molar-refractivity contribution in [2.75, 3.05) is 0 Å². The monoisotopic (exact) mass is 293 g/mol. The van der Waals surface area contributed by atoms with Crippen LogP contribution in [-0.4, -0.2) is 0 Å². The Morgan fingerprint density at radius 2 is 1.65 bits per heavy atom. The zero-order chi connectivity index (χ0) is 12.1. The first-order valence-electron chi connectivity index (χ1n) is 5.43. The Labute approximate surface area is 109 Å². The summed E-state index contributed by atoms with van der Waals surface area (Å²) in [6.07, 6.45) is 0. The Kier molecular flexibility index (Phi) is 4.29. The third kappa shape index (κ3) is 3.95. The highest BCUT2D eigenvalue weighted by molar-refractivity contribution is 9.10. The smallest absolute Gasteiger partial charge is 0.123 e. The van der Waals surface area contributed by atoms with Gasteiger partial charge in [0.15, 0.2) is 0 Å². The predicted molar refractivity (Wildman–Crippen MR) is 71.1 cm³/mol. The number of hydrogen-bond acceptors (Lipinski definition) is 1. The van der Waals surface area contributed by atoms with E-state index in [2.05, 4.69) is 33.4 Å². The first kappa shape index (κ1) is 12.3. The minimum Gasteiger partial charge on any atom is -0.309 e. The van der Waals surface area contributed by atoms with E-state index in [1.54, 1.807) is 12.1 Å². The SMILES string of the molecule is Fc1cccc(CNCc2ccc(Br)cc2)c1. The molecule has 3 heteroatoms. The van der Waals surface area contributed by atoms with E-state index in [4.69, 9.17) is 0 Å². The summed E-state index contributed by atoms with van der Waals surface area (Å²) in [7, 11) is 0. The van der Waals surface area contributed by atoms with Gasteiger partial charge in [0.25, 0.3) is 0 Å². The van der Waals surface area contributed by atoms with Gasteiger partial charge in [-0.2, -0.15) is 0 Å². The van der Waals surface area contributed by atoms with Crippen molar-refractivity contribution in [3.8, 4) is 0 Å². The van der Waals surface area contributed by atoms with Gasteiger partial charge >= 0.3 is 0 Å². The highest BCUT2D eigenvalue weighted by atomic mass is 79.9. The van der Waals surface area contributed by atoms with Gasteiger partial charge in [0, 0.05) is 17.6 Å². The first-order chi connectivity index (χ1) is 8.24. The molecule has 2 rings (SSSR count). The zero-order valence-corrected chi connectivity index (χ0v) is 10.9. The van der Waals surface area contributed by atoms with Crippen LogP contribution >= 0.6 is 15.9 Å². The van der Waals surface area contributed by atoms with Crippen molar-refractivity contribution in [1.29, 1.82) is 0 Å². The average Bonchev–Trinajstić information content (AvgIpc) is 2.32. The predicted octanol–water partition coefficient (Wildman–Crippen LogP) is 3.88. The molecule has 2 aromatic rings. The first-order valence-corrected chi connectivity index (χ1v) is 6.23. The molecule has 0 unspecified atom stereocenters. The van der Waals surface area contributed by atoms with Crippen molar-refractivity contribution in [3.05, 3.63) is 69.9 Å². The molecular weight excluding hydrogens is 281 g/mol. The molecule has 0 atom stereocenters. The fraction of sp³-hybridized carbons (Fsp3) is 0.143. The maximum Gasteiger partial charge on any atom is 0.123 e. The molecule has 0 aliphatic carbocycles. The molecule has 17 heavy (non-hydrogen) atoms. The zero-order valence-electron chi connectivity index (χ0n) is 9.29. The van der Waals surface area contributed by atoms with Gasteiger partial charge in [0.1, 0.15) is 5.82 Å². The van der Waals surface area contributed by atoms with Crippen molar-refractivity contribution < 1.29 is 4.39 Å². The number of halogens is 2. The Morgan fingerprint density at radius 3 is 2.35 bits per heavy atom. The van der Waals surface area contributed by atoms with Crippen LogP contribution in [0.5, 0.6) is 0 Å². The molecule has 0 saturated carbocycles. The Balaban J connectivity index is 1.85. The molecule has 1 nitrogen and oxygen atoms in total. The number of rotatable bonds is 4. The molecule has 0 fully saturated rings. The molecule has 88 valence electrons. The van der Waals surface area contributed by atoms with Crippen LogP contribution in [0.3, 0.4) is 0 Å². The lowest BCUT2D eigenvalue weighted by atomic mass is 10.2. The van der Waals surface area contributed by atoms with Gasteiger partial charge in [-0.1, -0.05) is 40.2 Å². The quantitative estimate of drug-likeness (QED) is 0.902. The molecule has 0 heterocycles. The van der Waals surface area contributed by atoms with Gasteiger partial charge in [0.2, 0.25) is 0 Å². The summed E-state index contributed by atoms with van der Waals surface area (Å²) in [6, 6.07) is 14.8. The third-order valence-electron chi connectivity index (χ3n) is 2.46. The summed E-state index contributed by atoms with van der Waals surface area (Å²) >= 11 is 3.40. The molecule has 0 saturated heterocycles. The van der Waals surface area contributed by atoms with Crippen molar-refractivity contribution in [3.63, 3.8) is 0 Å². The van der Waals surface area contributed by atoms with E-state index in [-0.39, 0.29) is 5.82 Å². The maximum absolute atomic E-state index is 12.9. The standard InChI is InChI=1S/C14H13BrFN/c15-13-6-4-11(5-7-13)9-17-10-12-2-1-3-14(16)8-12/h1-8,17H,9-10H2. The molecule has 0 bridgehead atoms.